The van der Waals surface area contributed by atoms with Crippen LogP contribution in [0.4, 0.5) is 5.13 Å². The Labute approximate surface area is 138 Å². The summed E-state index contributed by atoms with van der Waals surface area (Å²) in [6.07, 6.45) is -0.468. The number of nitrogens with one attached hydrogen (secondary N) is 2. The second-order valence-electron chi connectivity index (χ2n) is 5.29. The van der Waals surface area contributed by atoms with Crippen LogP contribution in [0.15, 0.2) is 23.6 Å². The zero-order valence-corrected chi connectivity index (χ0v) is 13.9. The third-order valence-corrected chi connectivity index (χ3v) is 4.34. The minimum absolute atomic E-state index is 0.172. The molecule has 2 heterocycles. The number of ether oxygens (including phenoxy) is 2. The number of rotatable bonds is 4. The van der Waals surface area contributed by atoms with Crippen molar-refractivity contribution in [2.24, 2.45) is 0 Å². The molecule has 0 radical (unpaired) electrons. The number of benzene rings is 1. The van der Waals surface area contributed by atoms with Gasteiger partial charge in [-0.25, -0.2) is 4.98 Å². The number of anilines is 1. The van der Waals surface area contributed by atoms with E-state index in [-0.39, 0.29) is 5.91 Å². The van der Waals surface area contributed by atoms with E-state index in [1.165, 1.54) is 11.3 Å². The van der Waals surface area contributed by atoms with Crippen LogP contribution in [0.1, 0.15) is 5.56 Å². The Hall–Kier alpha value is -1.96. The van der Waals surface area contributed by atoms with Crippen molar-refractivity contribution in [3.63, 3.8) is 0 Å². The van der Waals surface area contributed by atoms with Gasteiger partial charge >= 0.3 is 0 Å². The van der Waals surface area contributed by atoms with Crippen molar-refractivity contribution in [1.82, 2.24) is 10.3 Å². The van der Waals surface area contributed by atoms with E-state index in [2.05, 4.69) is 15.6 Å². The molecule has 1 fully saturated rings. The largest absolute Gasteiger partial charge is 0.496 e. The molecule has 0 spiro atoms. The van der Waals surface area contributed by atoms with E-state index >= 15 is 0 Å². The molecular weight excluding hydrogens is 314 g/mol. The average Bonchev–Trinajstić information content (AvgIpc) is 3.04. The minimum Gasteiger partial charge on any atom is -0.496 e. The normalized spacial score (nSPS) is 17.7. The Morgan fingerprint density at radius 2 is 2.39 bits per heavy atom. The molecule has 1 saturated heterocycles. The van der Waals surface area contributed by atoms with Gasteiger partial charge in [-0.3, -0.25) is 10.1 Å². The average molecular weight is 333 g/mol. The van der Waals surface area contributed by atoms with E-state index in [0.717, 1.165) is 29.1 Å². The van der Waals surface area contributed by atoms with Gasteiger partial charge in [-0.2, -0.15) is 0 Å². The fourth-order valence-electron chi connectivity index (χ4n) is 2.40. The molecule has 6 nitrogen and oxygen atoms in total. The Kier molecular flexibility index (Phi) is 4.90. The number of nitrogens with zero attached hydrogens (tertiary/aromatic N) is 1. The highest BCUT2D eigenvalue weighted by molar-refractivity contribution is 7.14. The van der Waals surface area contributed by atoms with Crippen LogP contribution in [-0.2, 0) is 9.53 Å². The lowest BCUT2D eigenvalue weighted by atomic mass is 10.1. The van der Waals surface area contributed by atoms with Gasteiger partial charge in [0.05, 0.1) is 19.4 Å². The van der Waals surface area contributed by atoms with Crippen molar-refractivity contribution in [3.05, 3.63) is 29.1 Å². The monoisotopic (exact) mass is 333 g/mol. The van der Waals surface area contributed by atoms with Gasteiger partial charge in [0.2, 0.25) is 0 Å². The van der Waals surface area contributed by atoms with Gasteiger partial charge < -0.3 is 14.8 Å². The molecule has 1 aromatic heterocycles. The molecule has 0 saturated carbocycles. The summed E-state index contributed by atoms with van der Waals surface area (Å²) in [6.45, 7) is 3.86. The summed E-state index contributed by atoms with van der Waals surface area (Å²) < 4.78 is 10.8. The van der Waals surface area contributed by atoms with Crippen molar-refractivity contribution in [2.75, 3.05) is 32.1 Å². The van der Waals surface area contributed by atoms with E-state index in [1.807, 2.05) is 30.5 Å². The summed E-state index contributed by atoms with van der Waals surface area (Å²) in [6, 6.07) is 5.93. The van der Waals surface area contributed by atoms with Crippen LogP contribution < -0.4 is 15.4 Å². The molecule has 3 rings (SSSR count). The molecule has 1 aliphatic rings. The van der Waals surface area contributed by atoms with Crippen LogP contribution in [-0.4, -0.2) is 43.8 Å². The maximum absolute atomic E-state index is 12.2. The fourth-order valence-corrected chi connectivity index (χ4v) is 3.11. The van der Waals surface area contributed by atoms with Crippen molar-refractivity contribution in [1.29, 1.82) is 0 Å². The van der Waals surface area contributed by atoms with Crippen molar-refractivity contribution < 1.29 is 14.3 Å². The maximum atomic E-state index is 12.2. The Morgan fingerprint density at radius 1 is 1.52 bits per heavy atom. The molecule has 7 heteroatoms. The molecule has 0 bridgehead atoms. The lowest BCUT2D eigenvalue weighted by Crippen LogP contribution is -2.45. The van der Waals surface area contributed by atoms with Gasteiger partial charge in [0.15, 0.2) is 5.13 Å². The van der Waals surface area contributed by atoms with Gasteiger partial charge in [0, 0.05) is 24.0 Å². The zero-order chi connectivity index (χ0) is 16.2. The second kappa shape index (κ2) is 7.08. The van der Waals surface area contributed by atoms with Crippen molar-refractivity contribution in [3.8, 4) is 17.0 Å². The van der Waals surface area contributed by atoms with Crippen LogP contribution in [0.25, 0.3) is 11.3 Å². The number of aromatic nitrogens is 1. The molecule has 1 unspecified atom stereocenters. The molecule has 2 aromatic rings. The number of thiazole rings is 1. The minimum atomic E-state index is -0.468. The first-order valence-electron chi connectivity index (χ1n) is 7.41. The number of morpholine rings is 1. The summed E-state index contributed by atoms with van der Waals surface area (Å²) in [7, 11) is 1.64. The third-order valence-electron chi connectivity index (χ3n) is 3.59. The third kappa shape index (κ3) is 3.69. The van der Waals surface area contributed by atoms with Crippen LogP contribution in [0.5, 0.6) is 5.75 Å². The molecule has 122 valence electrons. The van der Waals surface area contributed by atoms with Gasteiger partial charge in [0.25, 0.3) is 5.91 Å². The van der Waals surface area contributed by atoms with Crippen molar-refractivity contribution >= 4 is 22.4 Å². The van der Waals surface area contributed by atoms with E-state index in [4.69, 9.17) is 9.47 Å². The molecule has 1 aromatic carbocycles. The second-order valence-corrected chi connectivity index (χ2v) is 6.15. The summed E-state index contributed by atoms with van der Waals surface area (Å²) in [5.41, 5.74) is 2.83. The van der Waals surface area contributed by atoms with Gasteiger partial charge in [-0.05, 0) is 19.1 Å². The van der Waals surface area contributed by atoms with E-state index in [1.54, 1.807) is 7.11 Å². The SMILES string of the molecule is COc1ccc(C)cc1-c1csc(NC(=O)C2CNCCO2)n1. The Morgan fingerprint density at radius 3 is 3.13 bits per heavy atom. The number of aryl methyl sites for hydroxylation is 1. The number of amides is 1. The van der Waals surface area contributed by atoms with Gasteiger partial charge in [-0.15, -0.1) is 11.3 Å². The molecule has 1 amide bonds. The number of methoxy groups -OCH3 is 1. The predicted octanol–water partition coefficient (Wildman–Crippen LogP) is 2.05. The van der Waals surface area contributed by atoms with Crippen LogP contribution in [0.3, 0.4) is 0 Å². The molecule has 1 aliphatic heterocycles. The lowest BCUT2D eigenvalue weighted by molar-refractivity contribution is -0.128. The molecule has 23 heavy (non-hydrogen) atoms. The molecule has 2 N–H and O–H groups in total. The zero-order valence-electron chi connectivity index (χ0n) is 13.1. The highest BCUT2D eigenvalue weighted by Gasteiger charge is 2.22. The number of hydrogen-bond donors (Lipinski definition) is 2. The molecule has 0 aliphatic carbocycles. The summed E-state index contributed by atoms with van der Waals surface area (Å²) >= 11 is 1.39. The summed E-state index contributed by atoms with van der Waals surface area (Å²) in [5, 5.41) is 8.42. The van der Waals surface area contributed by atoms with E-state index in [9.17, 15) is 4.79 Å². The van der Waals surface area contributed by atoms with E-state index in [0.29, 0.717) is 18.3 Å². The highest BCUT2D eigenvalue weighted by atomic mass is 32.1. The van der Waals surface area contributed by atoms with Crippen LogP contribution >= 0.6 is 11.3 Å². The maximum Gasteiger partial charge on any atom is 0.256 e. The fraction of sp³-hybridized carbons (Fsp3) is 0.375. The number of carbonyl (C=O) groups excluding carboxylic acids is 1. The molecule has 1 atom stereocenters. The first kappa shape index (κ1) is 15.9. The van der Waals surface area contributed by atoms with Crippen LogP contribution in [0, 0.1) is 6.92 Å². The number of hydrogen-bond acceptors (Lipinski definition) is 6. The topological polar surface area (TPSA) is 72.5 Å². The predicted molar refractivity (Wildman–Crippen MR) is 90.1 cm³/mol. The standard InChI is InChI=1S/C16H19N3O3S/c1-10-3-4-13(21-2)11(7-10)12-9-23-16(18-12)19-15(20)14-8-17-5-6-22-14/h3-4,7,9,14,17H,5-6,8H2,1-2H3,(H,18,19,20). The van der Waals surface area contributed by atoms with Gasteiger partial charge in [-0.1, -0.05) is 11.6 Å². The Bertz CT molecular complexity index is 696. The van der Waals surface area contributed by atoms with Crippen molar-refractivity contribution in [2.45, 2.75) is 13.0 Å². The van der Waals surface area contributed by atoms with Gasteiger partial charge in [0.1, 0.15) is 11.9 Å². The lowest BCUT2D eigenvalue weighted by Gasteiger charge is -2.22. The Balaban J connectivity index is 1.75. The smallest absolute Gasteiger partial charge is 0.256 e. The molecular formula is C16H19N3O3S. The first-order valence-corrected chi connectivity index (χ1v) is 8.29. The first-order chi connectivity index (χ1) is 11.2. The summed E-state index contributed by atoms with van der Waals surface area (Å²) in [4.78, 5) is 16.7. The quantitative estimate of drug-likeness (QED) is 0.896. The number of carbonyl (C=O) groups is 1. The van der Waals surface area contributed by atoms with E-state index < -0.39 is 6.10 Å². The highest BCUT2D eigenvalue weighted by Crippen LogP contribution is 2.33. The van der Waals surface area contributed by atoms with Crippen LogP contribution in [0.2, 0.25) is 0 Å². The summed E-state index contributed by atoms with van der Waals surface area (Å²) in [5.74, 6) is 0.591.